The van der Waals surface area contributed by atoms with E-state index < -0.39 is 7.12 Å². The second kappa shape index (κ2) is 5.25. The molecule has 0 spiro atoms. The highest BCUT2D eigenvalue weighted by Gasteiger charge is 2.52. The molecule has 1 aromatic rings. The maximum Gasteiger partial charge on any atom is 0.516 e. The second-order valence-corrected chi connectivity index (χ2v) is 6.94. The van der Waals surface area contributed by atoms with Gasteiger partial charge in [0.05, 0.1) is 23.0 Å². The van der Waals surface area contributed by atoms with Crippen molar-refractivity contribution in [1.82, 2.24) is 9.97 Å². The highest BCUT2D eigenvalue weighted by atomic mass is 16.7. The van der Waals surface area contributed by atoms with Crippen LogP contribution < -0.4 is 10.5 Å². The lowest BCUT2D eigenvalue weighted by Crippen LogP contribution is -2.41. The zero-order valence-electron chi connectivity index (χ0n) is 13.4. The maximum atomic E-state index is 6.00. The minimum absolute atomic E-state index is 0.342. The van der Waals surface area contributed by atoms with Gasteiger partial charge in [-0.15, -0.1) is 0 Å². The van der Waals surface area contributed by atoms with E-state index >= 15 is 0 Å². The molecule has 0 amide bonds. The highest BCUT2D eigenvalue weighted by Crippen LogP contribution is 2.36. The van der Waals surface area contributed by atoms with Gasteiger partial charge >= 0.3 is 7.12 Å². The van der Waals surface area contributed by atoms with Crippen LogP contribution in [0.2, 0.25) is 0 Å². The van der Waals surface area contributed by atoms with Gasteiger partial charge < -0.3 is 14.2 Å². The number of piperidine rings is 1. The molecule has 2 fully saturated rings. The van der Waals surface area contributed by atoms with Crippen LogP contribution in [0.1, 0.15) is 47.0 Å². The number of hydrogen-bond acceptors (Lipinski definition) is 5. The smallest absolute Gasteiger partial charge is 0.398 e. The minimum atomic E-state index is -0.432. The fraction of sp³-hybridized carbons (Fsp3) is 0.733. The Hall–Kier alpha value is -1.14. The number of rotatable bonds is 2. The average molecular weight is 289 g/mol. The highest BCUT2D eigenvalue weighted by molar-refractivity contribution is 6.61. The van der Waals surface area contributed by atoms with Gasteiger partial charge in [0.15, 0.2) is 0 Å². The Kier molecular flexibility index (Phi) is 3.70. The number of nitrogens with zero attached hydrogens (tertiary/aromatic N) is 3. The third kappa shape index (κ3) is 2.79. The second-order valence-electron chi connectivity index (χ2n) is 6.94. The van der Waals surface area contributed by atoms with Crippen molar-refractivity contribution in [2.75, 3.05) is 18.0 Å². The molecule has 0 aliphatic carbocycles. The van der Waals surface area contributed by atoms with Gasteiger partial charge in [0.2, 0.25) is 0 Å². The molecule has 3 heterocycles. The molecule has 2 aliphatic rings. The van der Waals surface area contributed by atoms with Gasteiger partial charge in [-0.1, -0.05) is 0 Å². The molecule has 0 radical (unpaired) electrons. The van der Waals surface area contributed by atoms with Gasteiger partial charge in [-0.05, 0) is 47.0 Å². The van der Waals surface area contributed by atoms with Crippen molar-refractivity contribution < 1.29 is 9.31 Å². The van der Waals surface area contributed by atoms with E-state index in [0.29, 0.717) is 0 Å². The number of anilines is 1. The zero-order chi connectivity index (χ0) is 15.1. The van der Waals surface area contributed by atoms with Crippen molar-refractivity contribution in [2.24, 2.45) is 0 Å². The van der Waals surface area contributed by atoms with Crippen LogP contribution >= 0.6 is 0 Å². The molecule has 0 atom stereocenters. The lowest BCUT2D eigenvalue weighted by molar-refractivity contribution is 0.00578. The molecule has 3 rings (SSSR count). The largest absolute Gasteiger partial charge is 0.516 e. The Morgan fingerprint density at radius 1 is 0.952 bits per heavy atom. The van der Waals surface area contributed by atoms with Crippen molar-refractivity contribution in [3.05, 3.63) is 12.4 Å². The summed E-state index contributed by atoms with van der Waals surface area (Å²) in [5.41, 5.74) is 0.0601. The Morgan fingerprint density at radius 3 is 2.10 bits per heavy atom. The molecule has 0 saturated carbocycles. The summed E-state index contributed by atoms with van der Waals surface area (Å²) in [7, 11) is -0.432. The van der Waals surface area contributed by atoms with E-state index in [0.717, 1.165) is 24.5 Å². The van der Waals surface area contributed by atoms with Crippen molar-refractivity contribution in [2.45, 2.75) is 58.2 Å². The van der Waals surface area contributed by atoms with Gasteiger partial charge in [0, 0.05) is 19.3 Å². The first-order valence-corrected chi connectivity index (χ1v) is 7.82. The monoisotopic (exact) mass is 289 g/mol. The Bertz CT molecular complexity index is 482. The lowest BCUT2D eigenvalue weighted by atomic mass is 9.85. The minimum Gasteiger partial charge on any atom is -0.398 e. The van der Waals surface area contributed by atoms with Gasteiger partial charge in [-0.2, -0.15) is 0 Å². The third-order valence-electron chi connectivity index (χ3n) is 4.83. The summed E-state index contributed by atoms with van der Waals surface area (Å²) in [6.45, 7) is 10.3. The first-order chi connectivity index (χ1) is 9.89. The fourth-order valence-corrected chi connectivity index (χ4v) is 2.70. The summed E-state index contributed by atoms with van der Waals surface area (Å²) in [4.78, 5) is 11.4. The van der Waals surface area contributed by atoms with Crippen LogP contribution in [0.3, 0.4) is 0 Å². The molecule has 0 bridgehead atoms. The van der Waals surface area contributed by atoms with Crippen molar-refractivity contribution >= 4 is 18.5 Å². The predicted octanol–water partition coefficient (Wildman–Crippen LogP) is 1.77. The summed E-state index contributed by atoms with van der Waals surface area (Å²) in [6, 6.07) is 0. The maximum absolute atomic E-state index is 6.00. The molecule has 1 aromatic heterocycles. The molecule has 0 unspecified atom stereocenters. The van der Waals surface area contributed by atoms with E-state index in [1.807, 2.05) is 33.9 Å². The molecular formula is C15H24BN3O2. The summed E-state index contributed by atoms with van der Waals surface area (Å²) in [5, 5.41) is 0. The Morgan fingerprint density at radius 2 is 1.57 bits per heavy atom. The topological polar surface area (TPSA) is 47.5 Å². The first kappa shape index (κ1) is 14.8. The summed E-state index contributed by atoms with van der Waals surface area (Å²) >= 11 is 0. The molecule has 6 heteroatoms. The van der Waals surface area contributed by atoms with E-state index in [2.05, 4.69) is 14.9 Å². The van der Waals surface area contributed by atoms with Crippen LogP contribution in [0, 0.1) is 0 Å². The molecular weight excluding hydrogens is 265 g/mol. The van der Waals surface area contributed by atoms with Gasteiger partial charge in [0.25, 0.3) is 0 Å². The first-order valence-electron chi connectivity index (χ1n) is 7.82. The van der Waals surface area contributed by atoms with Gasteiger partial charge in [-0.3, -0.25) is 4.98 Å². The molecule has 114 valence electrons. The number of aromatic nitrogens is 2. The summed E-state index contributed by atoms with van der Waals surface area (Å²) in [5.74, 6) is 0.954. The lowest BCUT2D eigenvalue weighted by Gasteiger charge is -2.32. The Labute approximate surface area is 127 Å². The van der Waals surface area contributed by atoms with E-state index in [4.69, 9.17) is 9.31 Å². The predicted molar refractivity (Wildman–Crippen MR) is 83.8 cm³/mol. The van der Waals surface area contributed by atoms with E-state index in [-0.39, 0.29) is 11.2 Å². The molecule has 21 heavy (non-hydrogen) atoms. The van der Waals surface area contributed by atoms with Crippen LogP contribution in [-0.2, 0) is 9.31 Å². The fourth-order valence-electron chi connectivity index (χ4n) is 2.70. The van der Waals surface area contributed by atoms with Crippen LogP contribution in [0.25, 0.3) is 0 Å². The van der Waals surface area contributed by atoms with Gasteiger partial charge in [0.1, 0.15) is 5.82 Å². The average Bonchev–Trinajstić information content (AvgIpc) is 2.69. The molecule has 2 aliphatic heterocycles. The van der Waals surface area contributed by atoms with Crippen molar-refractivity contribution in [1.29, 1.82) is 0 Å². The normalized spacial score (nSPS) is 24.4. The van der Waals surface area contributed by atoms with Crippen LogP contribution in [0.4, 0.5) is 5.82 Å². The SMILES string of the molecule is CC1(C)OB(c2cnc(N3CCCCC3)cn2)OC1(C)C. The van der Waals surface area contributed by atoms with Crippen molar-refractivity contribution in [3.8, 4) is 0 Å². The zero-order valence-corrected chi connectivity index (χ0v) is 13.4. The third-order valence-corrected chi connectivity index (χ3v) is 4.83. The van der Waals surface area contributed by atoms with Crippen LogP contribution in [0.15, 0.2) is 12.4 Å². The Balaban J connectivity index is 1.73. The van der Waals surface area contributed by atoms with Crippen molar-refractivity contribution in [3.63, 3.8) is 0 Å². The molecule has 2 saturated heterocycles. The quantitative estimate of drug-likeness (QED) is 0.776. The standard InChI is InChI=1S/C15H24BN3O2/c1-14(2)15(3,4)21-16(20-14)12-10-18-13(11-17-12)19-8-6-5-7-9-19/h10-11H,5-9H2,1-4H3. The van der Waals surface area contributed by atoms with E-state index in [9.17, 15) is 0 Å². The van der Waals surface area contributed by atoms with Crippen LogP contribution in [0.5, 0.6) is 0 Å². The summed E-state index contributed by atoms with van der Waals surface area (Å²) in [6.07, 6.45) is 7.41. The van der Waals surface area contributed by atoms with Crippen LogP contribution in [-0.4, -0.2) is 41.4 Å². The molecule has 5 nitrogen and oxygen atoms in total. The van der Waals surface area contributed by atoms with E-state index in [1.165, 1.54) is 19.3 Å². The molecule has 0 N–H and O–H groups in total. The van der Waals surface area contributed by atoms with E-state index in [1.54, 1.807) is 6.20 Å². The van der Waals surface area contributed by atoms with Gasteiger partial charge in [-0.25, -0.2) is 4.98 Å². The summed E-state index contributed by atoms with van der Waals surface area (Å²) < 4.78 is 12.0. The molecule has 0 aromatic carbocycles. The number of hydrogen-bond donors (Lipinski definition) is 0.